The van der Waals surface area contributed by atoms with Gasteiger partial charge in [-0.3, -0.25) is 0 Å². The van der Waals surface area contributed by atoms with Crippen molar-refractivity contribution < 1.29 is 20.9 Å². The number of rotatable bonds is 7. The van der Waals surface area contributed by atoms with Crippen molar-refractivity contribution in [3.8, 4) is 0 Å². The summed E-state index contributed by atoms with van der Waals surface area (Å²) in [5, 5.41) is 40.7. The maximum Gasteiger partial charge on any atom is 0.177 e. The number of halogens is 2. The van der Waals surface area contributed by atoms with Crippen LogP contribution in [-0.4, -0.2) is 10.4 Å². The minimum atomic E-state index is -1.18. The molecule has 156 valence electrons. The van der Waals surface area contributed by atoms with Gasteiger partial charge >= 0.3 is 0 Å². The molecule has 3 aromatic rings. The van der Waals surface area contributed by atoms with E-state index in [9.17, 15) is 20.8 Å². The van der Waals surface area contributed by atoms with E-state index in [2.05, 4.69) is 31.9 Å². The summed E-state index contributed by atoms with van der Waals surface area (Å²) < 4.78 is 0. The summed E-state index contributed by atoms with van der Waals surface area (Å²) in [6, 6.07) is 21.9. The molecule has 0 fully saturated rings. The second-order valence-electron chi connectivity index (χ2n) is 6.60. The van der Waals surface area contributed by atoms with Gasteiger partial charge in [-0.1, -0.05) is 98.6 Å². The molecular formula is C22H20Br2N2O4. The molecule has 0 spiro atoms. The van der Waals surface area contributed by atoms with Gasteiger partial charge in [0.25, 0.3) is 0 Å². The molecule has 0 amide bonds. The molecule has 8 heteroatoms. The zero-order valence-electron chi connectivity index (χ0n) is 15.7. The van der Waals surface area contributed by atoms with E-state index in [0.717, 1.165) is 11.1 Å². The lowest BCUT2D eigenvalue weighted by atomic mass is 9.98. The smallest absolute Gasteiger partial charge is 0.177 e. The van der Waals surface area contributed by atoms with E-state index in [1.165, 1.54) is 6.07 Å². The standard InChI is InChI=1S/C22H20Br2N2O4/c23-21(16-9-5-2-6-10-16)22(24)18-13-17(12-11-15-7-3-1-4-8-15)19(25(27)28)14-20(18)26(29)30/h1-14,21-22,25-27,29H/t21-,22+/m1/s1. The van der Waals surface area contributed by atoms with Crippen molar-refractivity contribution >= 4 is 55.4 Å². The third-order valence-corrected chi connectivity index (χ3v) is 7.40. The average molecular weight is 536 g/mol. The molecule has 0 aromatic heterocycles. The molecule has 4 atom stereocenters. The number of hydrogen-bond acceptors (Lipinski definition) is 4. The Balaban J connectivity index is 2.08. The molecule has 4 N–H and O–H groups in total. The fourth-order valence-electron chi connectivity index (χ4n) is 3.08. The maximum absolute atomic E-state index is 11.9. The summed E-state index contributed by atoms with van der Waals surface area (Å²) >= 11 is 7.26. The lowest BCUT2D eigenvalue weighted by molar-refractivity contribution is -0.996. The summed E-state index contributed by atoms with van der Waals surface area (Å²) in [4.78, 5) is -0.601. The Kier molecular flexibility index (Phi) is 7.93. The van der Waals surface area contributed by atoms with Crippen molar-refractivity contribution in [1.82, 2.24) is 0 Å². The van der Waals surface area contributed by atoms with Crippen LogP contribution in [0.4, 0.5) is 11.4 Å². The number of benzene rings is 3. The molecule has 0 aliphatic carbocycles. The van der Waals surface area contributed by atoms with Gasteiger partial charge in [0.15, 0.2) is 11.4 Å². The van der Waals surface area contributed by atoms with E-state index in [1.54, 1.807) is 18.2 Å². The fraction of sp³-hybridized carbons (Fsp3) is 0.0909. The van der Waals surface area contributed by atoms with Crippen LogP contribution in [0.25, 0.3) is 12.2 Å². The molecule has 6 nitrogen and oxygen atoms in total. The Bertz CT molecular complexity index is 999. The van der Waals surface area contributed by atoms with Crippen LogP contribution in [0.3, 0.4) is 0 Å². The van der Waals surface area contributed by atoms with Crippen molar-refractivity contribution in [1.29, 1.82) is 0 Å². The van der Waals surface area contributed by atoms with E-state index in [0.29, 0.717) is 11.1 Å². The van der Waals surface area contributed by atoms with E-state index in [-0.39, 0.29) is 16.2 Å². The summed E-state index contributed by atoms with van der Waals surface area (Å²) in [5.41, 5.74) is 2.70. The molecule has 0 aliphatic rings. The SMILES string of the molecule is [O-][NH+](O)c1cc([NH+]([O-])O)c([C@H](Br)[C@H](Br)c2ccccc2)cc1C=Cc1ccccc1. The third kappa shape index (κ3) is 5.42. The van der Waals surface area contributed by atoms with Gasteiger partial charge in [-0.2, -0.15) is 10.5 Å². The van der Waals surface area contributed by atoms with Crippen molar-refractivity contribution in [3.63, 3.8) is 0 Å². The van der Waals surface area contributed by atoms with E-state index in [4.69, 9.17) is 0 Å². The molecule has 0 aliphatic heterocycles. The third-order valence-electron chi connectivity index (χ3n) is 4.61. The van der Waals surface area contributed by atoms with Gasteiger partial charge in [0.2, 0.25) is 0 Å². The first-order chi connectivity index (χ1) is 14.4. The number of quaternary nitrogens is 2. The molecular weight excluding hydrogens is 516 g/mol. The highest BCUT2D eigenvalue weighted by molar-refractivity contribution is 9.12. The van der Waals surface area contributed by atoms with Gasteiger partial charge in [0.05, 0.1) is 15.7 Å². The van der Waals surface area contributed by atoms with Gasteiger partial charge in [0, 0.05) is 11.1 Å². The fourth-order valence-corrected chi connectivity index (χ4v) is 4.36. The highest BCUT2D eigenvalue weighted by Gasteiger charge is 2.27. The first-order valence-corrected chi connectivity index (χ1v) is 10.9. The Morgan fingerprint density at radius 1 is 0.733 bits per heavy atom. The molecule has 0 bridgehead atoms. The van der Waals surface area contributed by atoms with Crippen molar-refractivity contribution in [2.24, 2.45) is 0 Å². The monoisotopic (exact) mass is 534 g/mol. The van der Waals surface area contributed by atoms with Crippen molar-refractivity contribution in [2.45, 2.75) is 9.65 Å². The average Bonchev–Trinajstić information content (AvgIpc) is 2.77. The van der Waals surface area contributed by atoms with Crippen molar-refractivity contribution in [2.75, 3.05) is 0 Å². The van der Waals surface area contributed by atoms with Gasteiger partial charge < -0.3 is 10.4 Å². The zero-order valence-corrected chi connectivity index (χ0v) is 18.9. The van der Waals surface area contributed by atoms with E-state index >= 15 is 0 Å². The minimum absolute atomic E-state index is 0.0495. The summed E-state index contributed by atoms with van der Waals surface area (Å²) in [6.45, 7) is 0. The molecule has 0 saturated heterocycles. The highest BCUT2D eigenvalue weighted by Crippen LogP contribution is 2.45. The molecule has 2 unspecified atom stereocenters. The second-order valence-corrected chi connectivity index (χ2v) is 8.57. The van der Waals surface area contributed by atoms with Gasteiger partial charge in [0.1, 0.15) is 0 Å². The largest absolute Gasteiger partial charge is 0.595 e. The van der Waals surface area contributed by atoms with Crippen LogP contribution in [0.2, 0.25) is 0 Å². The van der Waals surface area contributed by atoms with E-state index in [1.807, 2.05) is 60.7 Å². The summed E-state index contributed by atoms with van der Waals surface area (Å²) in [5.74, 6) is 0. The van der Waals surface area contributed by atoms with Crippen LogP contribution in [0.1, 0.15) is 31.9 Å². The lowest BCUT2D eigenvalue weighted by Gasteiger charge is -2.24. The van der Waals surface area contributed by atoms with Gasteiger partial charge in [-0.05, 0) is 23.3 Å². The number of alkyl halides is 2. The topological polar surface area (TPSA) is 95.5 Å². The quantitative estimate of drug-likeness (QED) is 0.207. The number of nitrogens with one attached hydrogen (secondary N) is 2. The van der Waals surface area contributed by atoms with E-state index < -0.39 is 15.3 Å². The second kappa shape index (κ2) is 10.4. The summed E-state index contributed by atoms with van der Waals surface area (Å²) in [7, 11) is 0. The molecule has 3 rings (SSSR count). The predicted octanol–water partition coefficient (Wildman–Crippen LogP) is 4.24. The first kappa shape index (κ1) is 22.8. The van der Waals surface area contributed by atoms with Gasteiger partial charge in [-0.15, -0.1) is 0 Å². The first-order valence-electron chi connectivity index (χ1n) is 9.09. The minimum Gasteiger partial charge on any atom is -0.595 e. The Morgan fingerprint density at radius 2 is 1.30 bits per heavy atom. The normalized spacial score (nSPS) is 15.7. The lowest BCUT2D eigenvalue weighted by Crippen LogP contribution is -3.01. The van der Waals surface area contributed by atoms with Crippen LogP contribution in [0.15, 0.2) is 72.8 Å². The number of hydrogen-bond donors (Lipinski definition) is 4. The van der Waals surface area contributed by atoms with Crippen LogP contribution in [-0.2, 0) is 0 Å². The Morgan fingerprint density at radius 3 is 1.87 bits per heavy atom. The molecule has 0 radical (unpaired) electrons. The zero-order chi connectivity index (χ0) is 21.7. The van der Waals surface area contributed by atoms with Crippen LogP contribution in [0, 0.1) is 10.4 Å². The predicted molar refractivity (Wildman–Crippen MR) is 123 cm³/mol. The Hall–Kier alpha value is -1.88. The highest BCUT2D eigenvalue weighted by atomic mass is 79.9. The molecule has 30 heavy (non-hydrogen) atoms. The van der Waals surface area contributed by atoms with Crippen LogP contribution in [0.5, 0.6) is 0 Å². The molecule has 0 heterocycles. The summed E-state index contributed by atoms with van der Waals surface area (Å²) in [6.07, 6.45) is 3.50. The maximum atomic E-state index is 11.9. The molecule has 0 saturated carbocycles. The van der Waals surface area contributed by atoms with Gasteiger partial charge in [-0.25, -0.2) is 10.4 Å². The molecule has 3 aromatic carbocycles. The Labute approximate surface area is 191 Å². The van der Waals surface area contributed by atoms with Crippen molar-refractivity contribution in [3.05, 3.63) is 105 Å². The van der Waals surface area contributed by atoms with Crippen LogP contribution >= 0.6 is 31.9 Å². The van der Waals surface area contributed by atoms with Crippen LogP contribution < -0.4 is 10.5 Å².